The first-order valence-corrected chi connectivity index (χ1v) is 7.99. The second-order valence-corrected chi connectivity index (χ2v) is 6.57. The Morgan fingerprint density at radius 1 is 1.05 bits per heavy atom. The van der Waals surface area contributed by atoms with Crippen LogP contribution in [-0.2, 0) is 0 Å². The van der Waals surface area contributed by atoms with Gasteiger partial charge < -0.3 is 15.2 Å². The number of hydrogen-bond donors (Lipinski definition) is 2. The van der Waals surface area contributed by atoms with Gasteiger partial charge in [-0.05, 0) is 62.8 Å². The average Bonchev–Trinajstić information content (AvgIpc) is 2.39. The first-order valence-electron chi connectivity index (χ1n) is 7.99. The molecule has 0 saturated heterocycles. The van der Waals surface area contributed by atoms with Crippen LogP contribution in [0.5, 0.6) is 5.75 Å². The van der Waals surface area contributed by atoms with E-state index in [0.717, 1.165) is 18.1 Å². The van der Waals surface area contributed by atoms with Crippen LogP contribution in [0.15, 0.2) is 18.2 Å². The van der Waals surface area contributed by atoms with Gasteiger partial charge in [0, 0.05) is 12.6 Å². The summed E-state index contributed by atoms with van der Waals surface area (Å²) < 4.78 is 5.67. The fraction of sp³-hybridized carbons (Fsp3) is 0.667. The van der Waals surface area contributed by atoms with Gasteiger partial charge >= 0.3 is 0 Å². The summed E-state index contributed by atoms with van der Waals surface area (Å²) in [5.41, 5.74) is 2.36. The standard InChI is InChI=1S/C18H31NO2/c1-13(2)6-7-16(5)19-11-17(20)12-21-18-9-14(3)8-15(4)10-18/h8-10,13,16-17,19-20H,6-7,11-12H2,1-5H3/t16-,17-/m0/s1. The van der Waals surface area contributed by atoms with Crippen molar-refractivity contribution in [2.24, 2.45) is 5.92 Å². The maximum atomic E-state index is 9.99. The summed E-state index contributed by atoms with van der Waals surface area (Å²) >= 11 is 0. The van der Waals surface area contributed by atoms with Crippen LogP contribution in [0.25, 0.3) is 0 Å². The predicted molar refractivity (Wildman–Crippen MR) is 89.0 cm³/mol. The lowest BCUT2D eigenvalue weighted by molar-refractivity contribution is 0.103. The van der Waals surface area contributed by atoms with Crippen molar-refractivity contribution < 1.29 is 9.84 Å². The second-order valence-electron chi connectivity index (χ2n) is 6.57. The van der Waals surface area contributed by atoms with E-state index < -0.39 is 6.10 Å². The molecule has 21 heavy (non-hydrogen) atoms. The Morgan fingerprint density at radius 3 is 2.24 bits per heavy atom. The number of aryl methyl sites for hydroxylation is 2. The van der Waals surface area contributed by atoms with Gasteiger partial charge in [0.25, 0.3) is 0 Å². The number of aliphatic hydroxyl groups is 1. The van der Waals surface area contributed by atoms with Crippen molar-refractivity contribution in [3.63, 3.8) is 0 Å². The molecule has 1 rings (SSSR count). The first-order chi connectivity index (χ1) is 9.86. The SMILES string of the molecule is Cc1cc(C)cc(OC[C@@H](O)CN[C@@H](C)CCC(C)C)c1. The molecular formula is C18H31NO2. The molecule has 0 heterocycles. The van der Waals surface area contributed by atoms with Crippen molar-refractivity contribution in [3.05, 3.63) is 29.3 Å². The van der Waals surface area contributed by atoms with Gasteiger partial charge in [0.05, 0.1) is 0 Å². The van der Waals surface area contributed by atoms with Gasteiger partial charge in [-0.1, -0.05) is 19.9 Å². The van der Waals surface area contributed by atoms with Gasteiger partial charge in [-0.2, -0.15) is 0 Å². The number of nitrogens with one attached hydrogen (secondary N) is 1. The number of rotatable bonds is 9. The maximum Gasteiger partial charge on any atom is 0.119 e. The van der Waals surface area contributed by atoms with Crippen LogP contribution < -0.4 is 10.1 Å². The van der Waals surface area contributed by atoms with E-state index in [1.54, 1.807) is 0 Å². The summed E-state index contributed by atoms with van der Waals surface area (Å²) in [6, 6.07) is 6.54. The molecule has 1 aromatic carbocycles. The lowest BCUT2D eigenvalue weighted by atomic mass is 10.0. The zero-order chi connectivity index (χ0) is 15.8. The third-order valence-corrected chi connectivity index (χ3v) is 3.52. The lowest BCUT2D eigenvalue weighted by Gasteiger charge is -2.18. The molecule has 0 fully saturated rings. The average molecular weight is 293 g/mol. The molecule has 0 aromatic heterocycles. The molecule has 0 unspecified atom stereocenters. The number of hydrogen-bond acceptors (Lipinski definition) is 3. The minimum Gasteiger partial charge on any atom is -0.491 e. The third-order valence-electron chi connectivity index (χ3n) is 3.52. The largest absolute Gasteiger partial charge is 0.491 e. The molecule has 0 amide bonds. The molecule has 0 radical (unpaired) electrons. The van der Waals surface area contributed by atoms with Crippen LogP contribution >= 0.6 is 0 Å². The van der Waals surface area contributed by atoms with Crippen LogP contribution in [0.3, 0.4) is 0 Å². The fourth-order valence-electron chi connectivity index (χ4n) is 2.29. The van der Waals surface area contributed by atoms with Crippen molar-refractivity contribution >= 4 is 0 Å². The highest BCUT2D eigenvalue weighted by Gasteiger charge is 2.09. The van der Waals surface area contributed by atoms with E-state index in [1.165, 1.54) is 17.5 Å². The van der Waals surface area contributed by atoms with Crippen molar-refractivity contribution in [1.29, 1.82) is 0 Å². The number of aliphatic hydroxyl groups excluding tert-OH is 1. The third kappa shape index (κ3) is 8.08. The molecule has 120 valence electrons. The topological polar surface area (TPSA) is 41.5 Å². The zero-order valence-electron chi connectivity index (χ0n) is 14.1. The van der Waals surface area contributed by atoms with Gasteiger partial charge in [-0.15, -0.1) is 0 Å². The molecule has 1 aromatic rings. The van der Waals surface area contributed by atoms with Crippen LogP contribution in [0.2, 0.25) is 0 Å². The molecule has 0 aliphatic carbocycles. The van der Waals surface area contributed by atoms with Crippen LogP contribution in [-0.4, -0.2) is 30.4 Å². The predicted octanol–water partition coefficient (Wildman–Crippen LogP) is 3.46. The molecule has 2 N–H and O–H groups in total. The van der Waals surface area contributed by atoms with E-state index in [4.69, 9.17) is 4.74 Å². The maximum absolute atomic E-state index is 9.99. The Bertz CT molecular complexity index is 397. The van der Waals surface area contributed by atoms with Gasteiger partial charge in [0.1, 0.15) is 18.5 Å². The molecule has 0 aliphatic rings. The summed E-state index contributed by atoms with van der Waals surface area (Å²) in [7, 11) is 0. The highest BCUT2D eigenvalue weighted by atomic mass is 16.5. The van der Waals surface area contributed by atoms with Crippen molar-refractivity contribution in [3.8, 4) is 5.75 Å². The molecular weight excluding hydrogens is 262 g/mol. The minimum atomic E-state index is -0.479. The summed E-state index contributed by atoms with van der Waals surface area (Å²) in [5, 5.41) is 13.4. The molecule has 0 aliphatic heterocycles. The van der Waals surface area contributed by atoms with Crippen molar-refractivity contribution in [2.45, 2.75) is 59.6 Å². The van der Waals surface area contributed by atoms with Crippen molar-refractivity contribution in [2.75, 3.05) is 13.2 Å². The van der Waals surface area contributed by atoms with E-state index in [9.17, 15) is 5.11 Å². The van der Waals surface area contributed by atoms with Gasteiger partial charge in [0.2, 0.25) is 0 Å². The summed E-state index contributed by atoms with van der Waals surface area (Å²) in [4.78, 5) is 0. The van der Waals surface area contributed by atoms with E-state index in [-0.39, 0.29) is 0 Å². The highest BCUT2D eigenvalue weighted by Crippen LogP contribution is 2.16. The monoisotopic (exact) mass is 293 g/mol. The van der Waals surface area contributed by atoms with Crippen LogP contribution in [0.1, 0.15) is 44.7 Å². The Hall–Kier alpha value is -1.06. The Labute approximate surface area is 129 Å². The smallest absolute Gasteiger partial charge is 0.119 e. The summed E-state index contributed by atoms with van der Waals surface area (Å²) in [6.45, 7) is 11.6. The highest BCUT2D eigenvalue weighted by molar-refractivity contribution is 5.32. The fourth-order valence-corrected chi connectivity index (χ4v) is 2.29. The molecule has 3 nitrogen and oxygen atoms in total. The minimum absolute atomic E-state index is 0.326. The Balaban J connectivity index is 2.26. The van der Waals surface area contributed by atoms with Crippen LogP contribution in [0.4, 0.5) is 0 Å². The molecule has 2 atom stereocenters. The molecule has 0 spiro atoms. The van der Waals surface area contributed by atoms with Gasteiger partial charge in [0.15, 0.2) is 0 Å². The summed E-state index contributed by atoms with van der Waals surface area (Å²) in [6.07, 6.45) is 1.87. The lowest BCUT2D eigenvalue weighted by Crippen LogP contribution is -2.36. The molecule has 3 heteroatoms. The summed E-state index contributed by atoms with van der Waals surface area (Å²) in [5.74, 6) is 1.56. The number of benzene rings is 1. The zero-order valence-corrected chi connectivity index (χ0v) is 14.1. The van der Waals surface area contributed by atoms with E-state index >= 15 is 0 Å². The van der Waals surface area contributed by atoms with Gasteiger partial charge in [-0.3, -0.25) is 0 Å². The quantitative estimate of drug-likeness (QED) is 0.732. The Morgan fingerprint density at radius 2 is 1.67 bits per heavy atom. The van der Waals surface area contributed by atoms with Crippen LogP contribution in [0, 0.1) is 19.8 Å². The first kappa shape index (κ1) is 18.0. The number of ether oxygens (including phenoxy) is 1. The van der Waals surface area contributed by atoms with E-state index in [2.05, 4.69) is 32.2 Å². The molecule has 0 bridgehead atoms. The van der Waals surface area contributed by atoms with Crippen molar-refractivity contribution in [1.82, 2.24) is 5.32 Å². The van der Waals surface area contributed by atoms with E-state index in [0.29, 0.717) is 19.2 Å². The Kier molecular flexibility index (Phi) is 7.76. The normalized spacial score (nSPS) is 14.2. The van der Waals surface area contributed by atoms with E-state index in [1.807, 2.05) is 26.0 Å². The second kappa shape index (κ2) is 9.06. The van der Waals surface area contributed by atoms with Gasteiger partial charge in [-0.25, -0.2) is 0 Å². The molecule has 0 saturated carbocycles.